The van der Waals surface area contributed by atoms with Crippen LogP contribution in [-0.4, -0.2) is 49.6 Å². The second-order valence-corrected chi connectivity index (χ2v) is 8.00. The molecule has 0 saturated carbocycles. The van der Waals surface area contributed by atoms with Gasteiger partial charge in [0.05, 0.1) is 11.2 Å². The summed E-state index contributed by atoms with van der Waals surface area (Å²) in [6, 6.07) is 0. The average Bonchev–Trinajstić information content (AvgIpc) is 2.22. The fourth-order valence-corrected chi connectivity index (χ4v) is 1.52. The van der Waals surface area contributed by atoms with Crippen LogP contribution < -0.4 is 0 Å². The zero-order valence-corrected chi connectivity index (χ0v) is 13.9. The van der Waals surface area contributed by atoms with Crippen molar-refractivity contribution in [1.29, 1.82) is 0 Å². The van der Waals surface area contributed by atoms with Gasteiger partial charge in [0.1, 0.15) is 12.2 Å². The molecule has 0 aliphatic heterocycles. The molecule has 0 radical (unpaired) electrons. The van der Waals surface area contributed by atoms with Gasteiger partial charge in [0, 0.05) is 0 Å². The van der Waals surface area contributed by atoms with Gasteiger partial charge in [-0.15, -0.1) is 0 Å². The van der Waals surface area contributed by atoms with E-state index >= 15 is 0 Å². The van der Waals surface area contributed by atoms with Crippen LogP contribution >= 0.6 is 0 Å². The Morgan fingerprint density at radius 2 is 0.900 bits per heavy atom. The fourth-order valence-electron chi connectivity index (χ4n) is 1.52. The summed E-state index contributed by atoms with van der Waals surface area (Å²) in [6.45, 7) is 12.8. The van der Waals surface area contributed by atoms with Gasteiger partial charge in [-0.25, -0.2) is 0 Å². The van der Waals surface area contributed by atoms with Crippen LogP contribution in [0.25, 0.3) is 0 Å². The van der Waals surface area contributed by atoms with E-state index in [9.17, 15) is 25.2 Å². The number of rotatable bonds is 4. The van der Waals surface area contributed by atoms with Crippen LogP contribution in [-0.2, 0) is 4.79 Å². The maximum Gasteiger partial charge on any atom is 0.195 e. The molecule has 5 heteroatoms. The summed E-state index contributed by atoms with van der Waals surface area (Å²) in [5.74, 6) is -0.982. The highest BCUT2D eigenvalue weighted by atomic mass is 16.4. The SMILES string of the molecule is CC(C)(C)C(C)(O)C(O)C(=O)C(O)C(C)(O)C(C)(C)C. The number of ketones is 1. The van der Waals surface area contributed by atoms with E-state index in [1.165, 1.54) is 13.8 Å². The van der Waals surface area contributed by atoms with E-state index in [1.54, 1.807) is 41.5 Å². The zero-order valence-electron chi connectivity index (χ0n) is 13.9. The van der Waals surface area contributed by atoms with Gasteiger partial charge in [-0.3, -0.25) is 4.79 Å². The summed E-state index contributed by atoms with van der Waals surface area (Å²) in [7, 11) is 0. The Morgan fingerprint density at radius 1 is 0.700 bits per heavy atom. The molecule has 0 amide bonds. The van der Waals surface area contributed by atoms with Crippen LogP contribution in [0.5, 0.6) is 0 Å². The Labute approximate surface area is 121 Å². The van der Waals surface area contributed by atoms with Gasteiger partial charge >= 0.3 is 0 Å². The first-order valence-electron chi connectivity index (χ1n) is 6.82. The summed E-state index contributed by atoms with van der Waals surface area (Å²) < 4.78 is 0. The molecular formula is C15H30O5. The van der Waals surface area contributed by atoms with Gasteiger partial charge in [-0.2, -0.15) is 0 Å². The van der Waals surface area contributed by atoms with E-state index in [0.29, 0.717) is 0 Å². The Morgan fingerprint density at radius 3 is 1.05 bits per heavy atom. The number of hydrogen-bond donors (Lipinski definition) is 4. The van der Waals surface area contributed by atoms with Crippen LogP contribution in [0.1, 0.15) is 55.4 Å². The van der Waals surface area contributed by atoms with Crippen LogP contribution in [0, 0.1) is 10.8 Å². The smallest absolute Gasteiger partial charge is 0.195 e. The normalized spacial score (nSPS) is 22.6. The molecule has 0 rings (SSSR count). The number of hydrogen-bond acceptors (Lipinski definition) is 5. The van der Waals surface area contributed by atoms with E-state index in [4.69, 9.17) is 0 Å². The van der Waals surface area contributed by atoms with E-state index in [1.807, 2.05) is 0 Å². The molecule has 0 heterocycles. The van der Waals surface area contributed by atoms with E-state index < -0.39 is 40.0 Å². The van der Waals surface area contributed by atoms with Crippen molar-refractivity contribution in [1.82, 2.24) is 0 Å². The van der Waals surface area contributed by atoms with Crippen molar-refractivity contribution < 1.29 is 25.2 Å². The molecular weight excluding hydrogens is 260 g/mol. The first kappa shape index (κ1) is 19.5. The number of aliphatic hydroxyl groups excluding tert-OH is 2. The minimum Gasteiger partial charge on any atom is -0.386 e. The molecule has 0 aromatic carbocycles. The van der Waals surface area contributed by atoms with Crippen molar-refractivity contribution in [2.45, 2.75) is 78.8 Å². The van der Waals surface area contributed by atoms with Crippen molar-refractivity contribution in [3.63, 3.8) is 0 Å². The minimum atomic E-state index is -1.79. The Balaban J connectivity index is 5.40. The van der Waals surface area contributed by atoms with Gasteiger partial charge < -0.3 is 20.4 Å². The van der Waals surface area contributed by atoms with E-state index in [0.717, 1.165) is 0 Å². The topological polar surface area (TPSA) is 98.0 Å². The van der Waals surface area contributed by atoms with Gasteiger partial charge in [0.25, 0.3) is 0 Å². The molecule has 4 N–H and O–H groups in total. The van der Waals surface area contributed by atoms with Gasteiger partial charge in [-0.05, 0) is 24.7 Å². The largest absolute Gasteiger partial charge is 0.386 e. The molecule has 0 bridgehead atoms. The molecule has 4 atom stereocenters. The maximum atomic E-state index is 12.2. The molecule has 0 spiro atoms. The molecule has 120 valence electrons. The van der Waals surface area contributed by atoms with Crippen LogP contribution in [0.4, 0.5) is 0 Å². The molecule has 0 aliphatic carbocycles. The molecule has 0 saturated heterocycles. The van der Waals surface area contributed by atoms with Crippen LogP contribution in [0.15, 0.2) is 0 Å². The Kier molecular flexibility index (Phi) is 5.24. The lowest BCUT2D eigenvalue weighted by Gasteiger charge is -2.44. The molecule has 4 unspecified atom stereocenters. The van der Waals surface area contributed by atoms with Crippen molar-refractivity contribution in [2.75, 3.05) is 0 Å². The summed E-state index contributed by atoms with van der Waals surface area (Å²) in [4.78, 5) is 12.2. The standard InChI is InChI=1S/C15H30O5/c1-12(2,3)14(7,19)10(17)9(16)11(18)15(8,20)13(4,5)6/h10-11,17-20H,1-8H3. The highest BCUT2D eigenvalue weighted by Crippen LogP contribution is 2.37. The van der Waals surface area contributed by atoms with Gasteiger partial charge in [0.2, 0.25) is 0 Å². The number of carbonyl (C=O) groups excluding carboxylic acids is 1. The number of aliphatic hydroxyl groups is 4. The highest BCUT2D eigenvalue weighted by molar-refractivity contribution is 5.89. The van der Waals surface area contributed by atoms with Crippen molar-refractivity contribution in [3.8, 4) is 0 Å². The van der Waals surface area contributed by atoms with Crippen molar-refractivity contribution in [2.24, 2.45) is 10.8 Å². The molecule has 0 aromatic heterocycles. The molecule has 0 aliphatic rings. The van der Waals surface area contributed by atoms with Gasteiger partial charge in [0.15, 0.2) is 5.78 Å². The number of Topliss-reactive ketones (excluding diaryl/α,β-unsaturated/α-hetero) is 1. The van der Waals surface area contributed by atoms with Gasteiger partial charge in [-0.1, -0.05) is 41.5 Å². The second kappa shape index (κ2) is 5.37. The first-order valence-corrected chi connectivity index (χ1v) is 6.82. The summed E-state index contributed by atoms with van der Waals surface area (Å²) in [5.41, 5.74) is -4.98. The average molecular weight is 290 g/mol. The quantitative estimate of drug-likeness (QED) is 0.616. The third-order valence-corrected chi connectivity index (χ3v) is 4.64. The molecule has 0 fully saturated rings. The fraction of sp³-hybridized carbons (Fsp3) is 0.933. The Bertz CT molecular complexity index is 323. The maximum absolute atomic E-state index is 12.2. The third-order valence-electron chi connectivity index (χ3n) is 4.64. The minimum absolute atomic E-state index is 0.768. The molecule has 5 nitrogen and oxygen atoms in total. The van der Waals surface area contributed by atoms with Crippen LogP contribution in [0.3, 0.4) is 0 Å². The zero-order chi connectivity index (χ0) is 16.7. The lowest BCUT2D eigenvalue weighted by atomic mass is 9.68. The lowest BCUT2D eigenvalue weighted by molar-refractivity contribution is -0.185. The lowest BCUT2D eigenvalue weighted by Crippen LogP contribution is -2.61. The summed E-state index contributed by atoms with van der Waals surface area (Å²) in [5, 5.41) is 40.9. The first-order chi connectivity index (χ1) is 8.48. The van der Waals surface area contributed by atoms with Crippen molar-refractivity contribution in [3.05, 3.63) is 0 Å². The van der Waals surface area contributed by atoms with Crippen molar-refractivity contribution >= 4 is 5.78 Å². The van der Waals surface area contributed by atoms with E-state index in [-0.39, 0.29) is 0 Å². The third kappa shape index (κ3) is 3.39. The molecule has 0 aromatic rings. The summed E-state index contributed by atoms with van der Waals surface area (Å²) in [6.07, 6.45) is -3.57. The summed E-state index contributed by atoms with van der Waals surface area (Å²) >= 11 is 0. The van der Waals surface area contributed by atoms with E-state index in [2.05, 4.69) is 0 Å². The Hall–Kier alpha value is -0.490. The predicted octanol–water partition coefficient (Wildman–Crippen LogP) is 0.871. The second-order valence-electron chi connectivity index (χ2n) is 8.00. The predicted molar refractivity (Wildman–Crippen MR) is 77.2 cm³/mol. The highest BCUT2D eigenvalue weighted by Gasteiger charge is 2.52. The van der Waals surface area contributed by atoms with Crippen LogP contribution in [0.2, 0.25) is 0 Å². The molecule has 20 heavy (non-hydrogen) atoms. The monoisotopic (exact) mass is 290 g/mol. The number of carbonyl (C=O) groups is 1.